The summed E-state index contributed by atoms with van der Waals surface area (Å²) in [6.45, 7) is 3.20. The van der Waals surface area contributed by atoms with E-state index in [2.05, 4.69) is 0 Å². The molecular formula is C16H17NO4. The summed E-state index contributed by atoms with van der Waals surface area (Å²) in [5.74, 6) is 0.163. The number of nitro groups is 1. The molecule has 21 heavy (non-hydrogen) atoms. The highest BCUT2D eigenvalue weighted by atomic mass is 16.6. The Hall–Kier alpha value is -2.40. The van der Waals surface area contributed by atoms with E-state index in [1.54, 1.807) is 38.1 Å². The second-order valence-electron chi connectivity index (χ2n) is 5.11. The molecule has 1 atom stereocenters. The maximum Gasteiger partial charge on any atom is 0.313 e. The molecule has 110 valence electrons. The van der Waals surface area contributed by atoms with Crippen molar-refractivity contribution in [2.45, 2.75) is 19.4 Å². The van der Waals surface area contributed by atoms with E-state index >= 15 is 0 Å². The van der Waals surface area contributed by atoms with Crippen molar-refractivity contribution < 1.29 is 14.8 Å². The minimum atomic E-state index is -1.22. The van der Waals surface area contributed by atoms with Crippen LogP contribution in [0.2, 0.25) is 0 Å². The van der Waals surface area contributed by atoms with Crippen LogP contribution in [0.1, 0.15) is 18.1 Å². The van der Waals surface area contributed by atoms with Gasteiger partial charge in [0.15, 0.2) is 5.75 Å². The molecule has 0 spiro atoms. The summed E-state index contributed by atoms with van der Waals surface area (Å²) in [6, 6.07) is 13.9. The van der Waals surface area contributed by atoms with Gasteiger partial charge in [-0.05, 0) is 25.5 Å². The number of ether oxygens (including phenoxy) is 1. The van der Waals surface area contributed by atoms with Crippen molar-refractivity contribution in [3.05, 3.63) is 69.8 Å². The zero-order chi connectivity index (χ0) is 15.5. The SMILES string of the molecule is Cc1cccc(OCC(C)(O)c2ccccc2)c1[N+](=O)[O-]. The number of nitro benzene ring substituents is 1. The van der Waals surface area contributed by atoms with Gasteiger partial charge in [0, 0.05) is 5.56 Å². The van der Waals surface area contributed by atoms with Crippen molar-refractivity contribution in [3.63, 3.8) is 0 Å². The molecule has 0 bridgehead atoms. The highest BCUT2D eigenvalue weighted by Gasteiger charge is 2.26. The van der Waals surface area contributed by atoms with Gasteiger partial charge in [-0.2, -0.15) is 0 Å². The molecule has 0 amide bonds. The van der Waals surface area contributed by atoms with Crippen LogP contribution in [0.3, 0.4) is 0 Å². The largest absolute Gasteiger partial charge is 0.483 e. The van der Waals surface area contributed by atoms with E-state index in [1.165, 1.54) is 6.07 Å². The molecule has 1 unspecified atom stereocenters. The number of benzene rings is 2. The average Bonchev–Trinajstić information content (AvgIpc) is 2.46. The lowest BCUT2D eigenvalue weighted by atomic mass is 9.97. The average molecular weight is 287 g/mol. The van der Waals surface area contributed by atoms with E-state index < -0.39 is 10.5 Å². The van der Waals surface area contributed by atoms with Crippen LogP contribution in [0.25, 0.3) is 0 Å². The molecule has 0 aliphatic heterocycles. The summed E-state index contributed by atoms with van der Waals surface area (Å²) in [4.78, 5) is 10.6. The first-order valence-electron chi connectivity index (χ1n) is 6.56. The first-order valence-corrected chi connectivity index (χ1v) is 6.56. The van der Waals surface area contributed by atoms with Crippen molar-refractivity contribution in [2.24, 2.45) is 0 Å². The Morgan fingerprint density at radius 1 is 1.19 bits per heavy atom. The van der Waals surface area contributed by atoms with Crippen LogP contribution in [-0.2, 0) is 5.60 Å². The number of hydrogen-bond acceptors (Lipinski definition) is 4. The van der Waals surface area contributed by atoms with Crippen LogP contribution >= 0.6 is 0 Å². The number of aryl methyl sites for hydroxylation is 1. The van der Waals surface area contributed by atoms with Gasteiger partial charge in [-0.15, -0.1) is 0 Å². The third-order valence-electron chi connectivity index (χ3n) is 3.29. The van der Waals surface area contributed by atoms with Gasteiger partial charge in [-0.25, -0.2) is 0 Å². The molecule has 2 aromatic carbocycles. The normalized spacial score (nSPS) is 13.5. The lowest BCUT2D eigenvalue weighted by Gasteiger charge is -2.24. The van der Waals surface area contributed by atoms with E-state index in [1.807, 2.05) is 18.2 Å². The lowest BCUT2D eigenvalue weighted by molar-refractivity contribution is -0.386. The monoisotopic (exact) mass is 287 g/mol. The Morgan fingerprint density at radius 2 is 1.86 bits per heavy atom. The van der Waals surface area contributed by atoms with E-state index in [9.17, 15) is 15.2 Å². The van der Waals surface area contributed by atoms with E-state index in [-0.39, 0.29) is 18.0 Å². The van der Waals surface area contributed by atoms with Crippen molar-refractivity contribution in [2.75, 3.05) is 6.61 Å². The van der Waals surface area contributed by atoms with Gasteiger partial charge in [-0.1, -0.05) is 42.5 Å². The van der Waals surface area contributed by atoms with Gasteiger partial charge in [0.25, 0.3) is 0 Å². The van der Waals surface area contributed by atoms with Crippen LogP contribution in [-0.4, -0.2) is 16.6 Å². The molecular weight excluding hydrogens is 270 g/mol. The van der Waals surface area contributed by atoms with Gasteiger partial charge in [0.2, 0.25) is 0 Å². The number of para-hydroxylation sites is 1. The van der Waals surface area contributed by atoms with Crippen molar-refractivity contribution >= 4 is 5.69 Å². The number of rotatable bonds is 5. The molecule has 0 aliphatic rings. The van der Waals surface area contributed by atoms with Crippen molar-refractivity contribution in [3.8, 4) is 5.75 Å². The fourth-order valence-electron chi connectivity index (χ4n) is 2.08. The maximum atomic E-state index is 11.1. The van der Waals surface area contributed by atoms with Crippen molar-refractivity contribution in [1.82, 2.24) is 0 Å². The van der Waals surface area contributed by atoms with Crippen LogP contribution in [0.5, 0.6) is 5.75 Å². The quantitative estimate of drug-likeness (QED) is 0.677. The summed E-state index contributed by atoms with van der Waals surface area (Å²) in [5, 5.41) is 21.6. The van der Waals surface area contributed by atoms with Crippen molar-refractivity contribution in [1.29, 1.82) is 0 Å². The fourth-order valence-corrected chi connectivity index (χ4v) is 2.08. The Morgan fingerprint density at radius 3 is 2.48 bits per heavy atom. The lowest BCUT2D eigenvalue weighted by Crippen LogP contribution is -2.29. The molecule has 1 N–H and O–H groups in total. The van der Waals surface area contributed by atoms with Gasteiger partial charge < -0.3 is 9.84 Å². The topological polar surface area (TPSA) is 72.6 Å². The maximum absolute atomic E-state index is 11.1. The summed E-state index contributed by atoms with van der Waals surface area (Å²) in [5.41, 5.74) is -0.0719. The molecule has 2 aromatic rings. The van der Waals surface area contributed by atoms with Gasteiger partial charge in [0.05, 0.1) is 4.92 Å². The van der Waals surface area contributed by atoms with Crippen LogP contribution in [0, 0.1) is 17.0 Å². The van der Waals surface area contributed by atoms with E-state index in [0.717, 1.165) is 0 Å². The predicted octanol–water partition coefficient (Wildman–Crippen LogP) is 3.19. The van der Waals surface area contributed by atoms with Gasteiger partial charge in [-0.3, -0.25) is 10.1 Å². The zero-order valence-corrected chi connectivity index (χ0v) is 11.9. The molecule has 0 heterocycles. The Kier molecular flexibility index (Phi) is 4.23. The molecule has 0 aliphatic carbocycles. The Labute approximate surface area is 123 Å². The second-order valence-corrected chi connectivity index (χ2v) is 5.11. The van der Waals surface area contributed by atoms with Gasteiger partial charge in [0.1, 0.15) is 12.2 Å². The third-order valence-corrected chi connectivity index (χ3v) is 3.29. The Balaban J connectivity index is 2.21. The smallest absolute Gasteiger partial charge is 0.313 e. The summed E-state index contributed by atoms with van der Waals surface area (Å²) >= 11 is 0. The third kappa shape index (κ3) is 3.38. The van der Waals surface area contributed by atoms with E-state index in [4.69, 9.17) is 4.74 Å². The fraction of sp³-hybridized carbons (Fsp3) is 0.250. The second kappa shape index (κ2) is 5.93. The molecule has 2 rings (SSSR count). The molecule has 0 aromatic heterocycles. The molecule has 0 saturated carbocycles. The minimum absolute atomic E-state index is 0.0681. The first kappa shape index (κ1) is 15.0. The number of aliphatic hydroxyl groups is 1. The summed E-state index contributed by atoms with van der Waals surface area (Å²) < 4.78 is 5.51. The van der Waals surface area contributed by atoms with Gasteiger partial charge >= 0.3 is 5.69 Å². The summed E-state index contributed by atoms with van der Waals surface area (Å²) in [6.07, 6.45) is 0. The molecule has 5 nitrogen and oxygen atoms in total. The van der Waals surface area contributed by atoms with Crippen LogP contribution in [0.15, 0.2) is 48.5 Å². The molecule has 0 fully saturated rings. The minimum Gasteiger partial charge on any atom is -0.483 e. The number of nitrogens with zero attached hydrogens (tertiary/aromatic N) is 1. The van der Waals surface area contributed by atoms with Crippen LogP contribution < -0.4 is 4.74 Å². The first-order chi connectivity index (χ1) is 9.92. The zero-order valence-electron chi connectivity index (χ0n) is 11.9. The Bertz CT molecular complexity index is 638. The summed E-state index contributed by atoms with van der Waals surface area (Å²) in [7, 11) is 0. The standard InChI is InChI=1S/C16H17NO4/c1-12-7-6-10-14(15(12)17(19)20)21-11-16(2,18)13-8-4-3-5-9-13/h3-10,18H,11H2,1-2H3. The molecule has 0 radical (unpaired) electrons. The highest BCUT2D eigenvalue weighted by molar-refractivity contribution is 5.52. The molecule has 5 heteroatoms. The van der Waals surface area contributed by atoms with Crippen LogP contribution in [0.4, 0.5) is 5.69 Å². The number of hydrogen-bond donors (Lipinski definition) is 1. The highest BCUT2D eigenvalue weighted by Crippen LogP contribution is 2.31. The predicted molar refractivity (Wildman–Crippen MR) is 79.3 cm³/mol. The van der Waals surface area contributed by atoms with E-state index in [0.29, 0.717) is 11.1 Å². The molecule has 0 saturated heterocycles.